The van der Waals surface area contributed by atoms with Crippen molar-refractivity contribution in [2.45, 2.75) is 71.2 Å². The van der Waals surface area contributed by atoms with Gasteiger partial charge in [0.05, 0.1) is 18.6 Å². The fourth-order valence-corrected chi connectivity index (χ4v) is 4.04. The molecule has 0 radical (unpaired) electrons. The Morgan fingerprint density at radius 3 is 2.54 bits per heavy atom. The molecule has 0 aromatic heterocycles. The highest BCUT2D eigenvalue weighted by atomic mass is 16.7. The van der Waals surface area contributed by atoms with Gasteiger partial charge in [-0.2, -0.15) is 0 Å². The first kappa shape index (κ1) is 21.0. The lowest BCUT2D eigenvalue weighted by Gasteiger charge is -2.37. The van der Waals surface area contributed by atoms with Crippen molar-refractivity contribution in [1.29, 1.82) is 0 Å². The number of nitrogens with zero attached hydrogens (tertiary/aromatic N) is 2. The summed E-state index contributed by atoms with van der Waals surface area (Å²) >= 11 is 0. The van der Waals surface area contributed by atoms with Crippen molar-refractivity contribution < 1.29 is 28.6 Å². The van der Waals surface area contributed by atoms with Gasteiger partial charge in [-0.05, 0) is 52.9 Å². The van der Waals surface area contributed by atoms with Crippen LogP contribution in [0.3, 0.4) is 0 Å². The molecule has 158 valence electrons. The number of carbonyl (C=O) groups is 3. The van der Waals surface area contributed by atoms with Crippen molar-refractivity contribution in [3.8, 4) is 0 Å². The molecule has 3 fully saturated rings. The quantitative estimate of drug-likeness (QED) is 0.678. The lowest BCUT2D eigenvalue weighted by atomic mass is 9.77. The van der Waals surface area contributed by atoms with Crippen LogP contribution in [0.2, 0.25) is 0 Å². The highest BCUT2D eigenvalue weighted by Gasteiger charge is 2.52. The third-order valence-corrected chi connectivity index (χ3v) is 5.62. The monoisotopic (exact) mass is 396 g/mol. The Balaban J connectivity index is 1.49. The van der Waals surface area contributed by atoms with E-state index in [1.54, 1.807) is 4.90 Å². The number of carbonyl (C=O) groups excluding carboxylic acids is 3. The highest BCUT2D eigenvalue weighted by Crippen LogP contribution is 2.42. The average molecular weight is 396 g/mol. The molecule has 3 saturated heterocycles. The summed E-state index contributed by atoms with van der Waals surface area (Å²) in [5.41, 5.74) is -1.23. The zero-order chi connectivity index (χ0) is 20.4. The first-order chi connectivity index (χ1) is 13.2. The topological polar surface area (TPSA) is 85.4 Å². The Morgan fingerprint density at radius 1 is 1.21 bits per heavy atom. The second kappa shape index (κ2) is 8.37. The minimum absolute atomic E-state index is 0.130. The first-order valence-electron chi connectivity index (χ1n) is 10.3. The van der Waals surface area contributed by atoms with Crippen molar-refractivity contribution in [2.75, 3.05) is 32.8 Å². The van der Waals surface area contributed by atoms with Crippen LogP contribution < -0.4 is 0 Å². The Labute approximate surface area is 166 Å². The van der Waals surface area contributed by atoms with Gasteiger partial charge < -0.3 is 19.1 Å². The Bertz CT molecular complexity index is 600. The van der Waals surface area contributed by atoms with Crippen LogP contribution in [0, 0.1) is 5.41 Å². The Kier molecular flexibility index (Phi) is 6.29. The summed E-state index contributed by atoms with van der Waals surface area (Å²) < 4.78 is 16.6. The molecule has 8 heteroatoms. The van der Waals surface area contributed by atoms with E-state index in [2.05, 4.69) is 0 Å². The van der Waals surface area contributed by atoms with E-state index in [0.717, 1.165) is 19.3 Å². The van der Waals surface area contributed by atoms with Crippen molar-refractivity contribution in [3.63, 3.8) is 0 Å². The average Bonchev–Trinajstić information content (AvgIpc) is 2.86. The molecule has 3 aliphatic heterocycles. The van der Waals surface area contributed by atoms with E-state index in [0.29, 0.717) is 39.1 Å². The molecular weight excluding hydrogens is 364 g/mol. The number of hydrogen-bond acceptors (Lipinski definition) is 6. The van der Waals surface area contributed by atoms with Gasteiger partial charge in [0.15, 0.2) is 6.29 Å². The molecule has 3 amide bonds. The molecule has 8 nitrogen and oxygen atoms in total. The lowest BCUT2D eigenvalue weighted by molar-refractivity contribution is -0.167. The van der Waals surface area contributed by atoms with E-state index in [9.17, 15) is 14.4 Å². The Morgan fingerprint density at radius 2 is 1.93 bits per heavy atom. The lowest BCUT2D eigenvalue weighted by Crippen LogP contribution is -2.48. The van der Waals surface area contributed by atoms with Crippen LogP contribution in [0.25, 0.3) is 0 Å². The van der Waals surface area contributed by atoms with Crippen LogP contribution in [0.1, 0.15) is 59.3 Å². The summed E-state index contributed by atoms with van der Waals surface area (Å²) in [5, 5.41) is 0. The number of likely N-dealkylation sites (tertiary alicyclic amines) is 2. The summed E-state index contributed by atoms with van der Waals surface area (Å²) in [5.74, 6) is -0.279. The van der Waals surface area contributed by atoms with Gasteiger partial charge >= 0.3 is 6.09 Å². The van der Waals surface area contributed by atoms with E-state index in [-0.39, 0.29) is 37.2 Å². The van der Waals surface area contributed by atoms with Gasteiger partial charge in [-0.25, -0.2) is 4.79 Å². The van der Waals surface area contributed by atoms with Crippen molar-refractivity contribution >= 4 is 17.9 Å². The molecule has 1 unspecified atom stereocenters. The second-order valence-electron chi connectivity index (χ2n) is 8.94. The molecule has 3 rings (SSSR count). The molecule has 1 spiro atoms. The Hall–Kier alpha value is -1.67. The predicted octanol–water partition coefficient (Wildman–Crippen LogP) is 2.31. The third-order valence-electron chi connectivity index (χ3n) is 5.62. The molecule has 0 saturated carbocycles. The number of imide groups is 1. The van der Waals surface area contributed by atoms with Crippen LogP contribution in [-0.2, 0) is 23.8 Å². The van der Waals surface area contributed by atoms with E-state index < -0.39 is 11.0 Å². The highest BCUT2D eigenvalue weighted by molar-refractivity contribution is 6.06. The number of piperidine rings is 1. The summed E-state index contributed by atoms with van der Waals surface area (Å²) in [7, 11) is 0. The van der Waals surface area contributed by atoms with Crippen LogP contribution in [0.4, 0.5) is 4.79 Å². The van der Waals surface area contributed by atoms with Gasteiger partial charge in [-0.15, -0.1) is 0 Å². The smallest absolute Gasteiger partial charge is 0.410 e. The summed E-state index contributed by atoms with van der Waals surface area (Å²) in [6.07, 6.45) is 3.57. The molecule has 0 aromatic rings. The number of ether oxygens (including phenoxy) is 3. The first-order valence-corrected chi connectivity index (χ1v) is 10.3. The van der Waals surface area contributed by atoms with Crippen LogP contribution in [0.15, 0.2) is 0 Å². The molecule has 0 bridgehead atoms. The SMILES string of the molecule is CC(C)(C)OC(=O)N1CCC2(CC1)CC(=O)N(CCOC1CCCCO1)C2=O. The molecule has 28 heavy (non-hydrogen) atoms. The molecular formula is C20H32N2O6. The van der Waals surface area contributed by atoms with Gasteiger partial charge in [0.1, 0.15) is 5.60 Å². The molecule has 0 N–H and O–H groups in total. The maximum absolute atomic E-state index is 13.0. The summed E-state index contributed by atoms with van der Waals surface area (Å²) in [6, 6.07) is 0. The standard InChI is InChI=1S/C20H32N2O6/c1-19(2,3)28-18(25)21-9-7-20(8-10-21)14-15(23)22(17(20)24)11-13-27-16-6-4-5-12-26-16/h16H,4-14H2,1-3H3. The zero-order valence-electron chi connectivity index (χ0n) is 17.2. The van der Waals surface area contributed by atoms with Gasteiger partial charge in [0, 0.05) is 26.1 Å². The maximum Gasteiger partial charge on any atom is 0.410 e. The zero-order valence-corrected chi connectivity index (χ0v) is 17.2. The van der Waals surface area contributed by atoms with Crippen molar-refractivity contribution in [1.82, 2.24) is 9.80 Å². The molecule has 0 aromatic carbocycles. The van der Waals surface area contributed by atoms with Gasteiger partial charge in [-0.3, -0.25) is 14.5 Å². The van der Waals surface area contributed by atoms with Crippen LogP contribution in [-0.4, -0.2) is 72.4 Å². The van der Waals surface area contributed by atoms with E-state index in [1.807, 2.05) is 20.8 Å². The molecule has 0 aliphatic carbocycles. The van der Waals surface area contributed by atoms with Gasteiger partial charge in [0.2, 0.25) is 11.8 Å². The predicted molar refractivity (Wildman–Crippen MR) is 100 cm³/mol. The molecule has 3 aliphatic rings. The number of rotatable bonds is 4. The van der Waals surface area contributed by atoms with Gasteiger partial charge in [-0.1, -0.05) is 0 Å². The van der Waals surface area contributed by atoms with E-state index >= 15 is 0 Å². The normalized spacial score (nSPS) is 25.5. The fourth-order valence-electron chi connectivity index (χ4n) is 4.04. The van der Waals surface area contributed by atoms with Gasteiger partial charge in [0.25, 0.3) is 0 Å². The molecule has 1 atom stereocenters. The minimum Gasteiger partial charge on any atom is -0.444 e. The fraction of sp³-hybridized carbons (Fsp3) is 0.850. The van der Waals surface area contributed by atoms with Crippen molar-refractivity contribution in [3.05, 3.63) is 0 Å². The summed E-state index contributed by atoms with van der Waals surface area (Å²) in [6.45, 7) is 7.58. The largest absolute Gasteiger partial charge is 0.444 e. The van der Waals surface area contributed by atoms with E-state index in [1.165, 1.54) is 4.90 Å². The second-order valence-corrected chi connectivity index (χ2v) is 8.94. The van der Waals surface area contributed by atoms with Crippen LogP contribution >= 0.6 is 0 Å². The van der Waals surface area contributed by atoms with Crippen molar-refractivity contribution in [2.24, 2.45) is 5.41 Å². The summed E-state index contributed by atoms with van der Waals surface area (Å²) in [4.78, 5) is 40.6. The number of amides is 3. The maximum atomic E-state index is 13.0. The third kappa shape index (κ3) is 4.84. The number of hydrogen-bond donors (Lipinski definition) is 0. The van der Waals surface area contributed by atoms with E-state index in [4.69, 9.17) is 14.2 Å². The minimum atomic E-state index is -0.684. The van der Waals surface area contributed by atoms with Crippen LogP contribution in [0.5, 0.6) is 0 Å². The molecule has 3 heterocycles.